The van der Waals surface area contributed by atoms with Crippen LogP contribution in [0.15, 0.2) is 41.5 Å². The smallest absolute Gasteiger partial charge is 0.166 e. The molecule has 0 bridgehead atoms. The number of phenolic OH excluding ortho intramolecular Hbond substituents is 1. The Balaban J connectivity index is 2.39. The SMILES string of the molecule is NC(=Nc1ccc(O)c(F)c1)c1ncccc1N. The highest BCUT2D eigenvalue weighted by molar-refractivity contribution is 6.01. The van der Waals surface area contributed by atoms with Gasteiger partial charge in [0.1, 0.15) is 5.69 Å². The fourth-order valence-corrected chi connectivity index (χ4v) is 1.39. The van der Waals surface area contributed by atoms with Crippen LogP contribution in [-0.4, -0.2) is 15.9 Å². The Hall–Kier alpha value is -2.63. The summed E-state index contributed by atoms with van der Waals surface area (Å²) < 4.78 is 13.1. The lowest BCUT2D eigenvalue weighted by atomic mass is 10.2. The van der Waals surface area contributed by atoms with E-state index >= 15 is 0 Å². The summed E-state index contributed by atoms with van der Waals surface area (Å²) in [5, 5.41) is 9.05. The van der Waals surface area contributed by atoms with Gasteiger partial charge in [-0.3, -0.25) is 4.98 Å². The highest BCUT2D eigenvalue weighted by atomic mass is 19.1. The van der Waals surface area contributed by atoms with Crippen molar-refractivity contribution in [1.29, 1.82) is 0 Å². The highest BCUT2D eigenvalue weighted by Crippen LogP contribution is 2.22. The van der Waals surface area contributed by atoms with Gasteiger partial charge >= 0.3 is 0 Å². The third kappa shape index (κ3) is 2.37. The first kappa shape index (κ1) is 11.8. The van der Waals surface area contributed by atoms with Crippen molar-refractivity contribution in [3.05, 3.63) is 48.0 Å². The van der Waals surface area contributed by atoms with Crippen LogP contribution in [-0.2, 0) is 0 Å². The first-order chi connectivity index (χ1) is 8.58. The summed E-state index contributed by atoms with van der Waals surface area (Å²) >= 11 is 0. The van der Waals surface area contributed by atoms with E-state index in [0.29, 0.717) is 11.4 Å². The molecule has 0 atom stereocenters. The molecule has 0 saturated heterocycles. The third-order valence-electron chi connectivity index (χ3n) is 2.26. The van der Waals surface area contributed by atoms with Crippen LogP contribution in [0.25, 0.3) is 0 Å². The van der Waals surface area contributed by atoms with Crippen molar-refractivity contribution in [2.24, 2.45) is 10.7 Å². The van der Waals surface area contributed by atoms with Gasteiger partial charge in [-0.1, -0.05) is 0 Å². The predicted octanol–water partition coefficient (Wildman–Crippen LogP) is 1.55. The average Bonchev–Trinajstić information content (AvgIpc) is 2.34. The van der Waals surface area contributed by atoms with Gasteiger partial charge in [0.05, 0.1) is 11.4 Å². The molecular formula is C12H11FN4O. The Morgan fingerprint density at radius 3 is 2.78 bits per heavy atom. The van der Waals surface area contributed by atoms with Gasteiger partial charge in [-0.05, 0) is 24.3 Å². The van der Waals surface area contributed by atoms with Gasteiger partial charge < -0.3 is 16.6 Å². The molecular weight excluding hydrogens is 235 g/mol. The molecule has 5 nitrogen and oxygen atoms in total. The van der Waals surface area contributed by atoms with Gasteiger partial charge in [0.2, 0.25) is 0 Å². The second kappa shape index (κ2) is 4.70. The fraction of sp³-hybridized carbons (Fsp3) is 0. The minimum absolute atomic E-state index is 0.0817. The van der Waals surface area contributed by atoms with E-state index in [4.69, 9.17) is 16.6 Å². The molecule has 6 heteroatoms. The molecule has 1 aromatic carbocycles. The summed E-state index contributed by atoms with van der Waals surface area (Å²) in [4.78, 5) is 7.98. The van der Waals surface area contributed by atoms with Gasteiger partial charge in [-0.15, -0.1) is 0 Å². The summed E-state index contributed by atoms with van der Waals surface area (Å²) in [7, 11) is 0. The predicted molar refractivity (Wildman–Crippen MR) is 67.1 cm³/mol. The van der Waals surface area contributed by atoms with Crippen LogP contribution < -0.4 is 11.5 Å². The molecule has 0 spiro atoms. The molecule has 5 N–H and O–H groups in total. The van der Waals surface area contributed by atoms with Crippen LogP contribution in [0.1, 0.15) is 5.69 Å². The lowest BCUT2D eigenvalue weighted by Gasteiger charge is -2.03. The quantitative estimate of drug-likeness (QED) is 0.553. The second-order valence-corrected chi connectivity index (χ2v) is 3.57. The van der Waals surface area contributed by atoms with Crippen LogP contribution in [0.5, 0.6) is 5.75 Å². The van der Waals surface area contributed by atoms with Crippen molar-refractivity contribution in [1.82, 2.24) is 4.98 Å². The Labute approximate surface area is 103 Å². The minimum atomic E-state index is -0.766. The number of nitrogens with zero attached hydrogens (tertiary/aromatic N) is 2. The number of hydrogen-bond donors (Lipinski definition) is 3. The number of aromatic nitrogens is 1. The molecule has 0 aliphatic heterocycles. The molecule has 0 radical (unpaired) electrons. The Kier molecular flexibility index (Phi) is 3.09. The monoisotopic (exact) mass is 246 g/mol. The fourth-order valence-electron chi connectivity index (χ4n) is 1.39. The first-order valence-corrected chi connectivity index (χ1v) is 5.11. The topological polar surface area (TPSA) is 97.5 Å². The average molecular weight is 246 g/mol. The van der Waals surface area contributed by atoms with Gasteiger partial charge in [0.25, 0.3) is 0 Å². The van der Waals surface area contributed by atoms with Crippen molar-refractivity contribution < 1.29 is 9.50 Å². The standard InChI is InChI=1S/C12H11FN4O/c13-8-6-7(3-4-10(8)18)17-12(15)11-9(14)2-1-5-16-11/h1-6,18H,14H2,(H2,15,17). The number of nitrogens with two attached hydrogens (primary N) is 2. The van der Waals surface area contributed by atoms with Gasteiger partial charge in [-0.2, -0.15) is 0 Å². The minimum Gasteiger partial charge on any atom is -0.505 e. The molecule has 0 aliphatic rings. The van der Waals surface area contributed by atoms with Crippen LogP contribution >= 0.6 is 0 Å². The number of amidine groups is 1. The van der Waals surface area contributed by atoms with Crippen LogP contribution in [0.3, 0.4) is 0 Å². The number of pyridine rings is 1. The van der Waals surface area contributed by atoms with E-state index in [1.165, 1.54) is 18.3 Å². The summed E-state index contributed by atoms with van der Waals surface area (Å²) in [6.45, 7) is 0. The molecule has 0 saturated carbocycles. The summed E-state index contributed by atoms with van der Waals surface area (Å²) in [6.07, 6.45) is 1.53. The zero-order valence-corrected chi connectivity index (χ0v) is 9.34. The summed E-state index contributed by atoms with van der Waals surface area (Å²) in [6, 6.07) is 7.02. The largest absolute Gasteiger partial charge is 0.505 e. The number of aliphatic imine (C=N–C) groups is 1. The van der Waals surface area contributed by atoms with E-state index in [-0.39, 0.29) is 11.5 Å². The molecule has 0 aliphatic carbocycles. The maximum absolute atomic E-state index is 13.1. The molecule has 2 rings (SSSR count). The Bertz CT molecular complexity index is 613. The van der Waals surface area contributed by atoms with E-state index in [1.807, 2.05) is 0 Å². The van der Waals surface area contributed by atoms with Crippen molar-refractivity contribution >= 4 is 17.2 Å². The number of aromatic hydroxyl groups is 1. The number of halogens is 1. The zero-order chi connectivity index (χ0) is 13.1. The number of phenols is 1. The molecule has 0 amide bonds. The normalized spacial score (nSPS) is 11.5. The number of anilines is 1. The molecule has 0 fully saturated rings. The second-order valence-electron chi connectivity index (χ2n) is 3.57. The molecule has 18 heavy (non-hydrogen) atoms. The highest BCUT2D eigenvalue weighted by Gasteiger charge is 2.06. The number of nitrogen functional groups attached to an aromatic ring is 1. The van der Waals surface area contributed by atoms with Crippen LogP contribution in [0, 0.1) is 5.82 Å². The maximum Gasteiger partial charge on any atom is 0.166 e. The molecule has 1 aromatic heterocycles. The van der Waals surface area contributed by atoms with Gasteiger partial charge in [0, 0.05) is 12.3 Å². The van der Waals surface area contributed by atoms with Crippen molar-refractivity contribution in [2.45, 2.75) is 0 Å². The molecule has 0 unspecified atom stereocenters. The number of rotatable bonds is 2. The Morgan fingerprint density at radius 2 is 2.11 bits per heavy atom. The van der Waals surface area contributed by atoms with E-state index in [9.17, 15) is 4.39 Å². The molecule has 92 valence electrons. The molecule has 2 aromatic rings. The number of benzene rings is 1. The first-order valence-electron chi connectivity index (χ1n) is 5.11. The lowest BCUT2D eigenvalue weighted by Crippen LogP contribution is -2.16. The van der Waals surface area contributed by atoms with E-state index in [1.54, 1.807) is 12.1 Å². The lowest BCUT2D eigenvalue weighted by molar-refractivity contribution is 0.432. The maximum atomic E-state index is 13.1. The summed E-state index contributed by atoms with van der Waals surface area (Å²) in [5.41, 5.74) is 12.4. The van der Waals surface area contributed by atoms with Crippen molar-refractivity contribution in [2.75, 3.05) is 5.73 Å². The van der Waals surface area contributed by atoms with Gasteiger partial charge in [0.15, 0.2) is 17.4 Å². The number of hydrogen-bond acceptors (Lipinski definition) is 4. The zero-order valence-electron chi connectivity index (χ0n) is 9.34. The van der Waals surface area contributed by atoms with Crippen LogP contribution in [0.2, 0.25) is 0 Å². The van der Waals surface area contributed by atoms with Gasteiger partial charge in [-0.25, -0.2) is 9.38 Å². The van der Waals surface area contributed by atoms with E-state index in [0.717, 1.165) is 6.07 Å². The van der Waals surface area contributed by atoms with Crippen molar-refractivity contribution in [3.8, 4) is 5.75 Å². The summed E-state index contributed by atoms with van der Waals surface area (Å²) in [5.74, 6) is -1.12. The van der Waals surface area contributed by atoms with E-state index < -0.39 is 11.6 Å². The van der Waals surface area contributed by atoms with Crippen molar-refractivity contribution in [3.63, 3.8) is 0 Å². The van der Waals surface area contributed by atoms with Crippen LogP contribution in [0.4, 0.5) is 15.8 Å². The Morgan fingerprint density at radius 1 is 1.33 bits per heavy atom. The third-order valence-corrected chi connectivity index (χ3v) is 2.26. The molecule has 1 heterocycles. The van der Waals surface area contributed by atoms with E-state index in [2.05, 4.69) is 9.98 Å².